The van der Waals surface area contributed by atoms with Gasteiger partial charge in [0.05, 0.1) is 6.61 Å². The molecule has 0 aliphatic rings. The smallest absolute Gasteiger partial charge is 0.121 e. The first-order chi connectivity index (χ1) is 10.9. The average Bonchev–Trinajstić information content (AvgIpc) is 2.56. The monoisotopic (exact) mass is 297 g/mol. The number of hydrogen-bond donors (Lipinski definition) is 1. The highest BCUT2D eigenvalue weighted by Crippen LogP contribution is 2.18. The predicted molar refractivity (Wildman–Crippen MR) is 94.7 cm³/mol. The van der Waals surface area contributed by atoms with E-state index in [1.54, 1.807) is 0 Å². The summed E-state index contributed by atoms with van der Waals surface area (Å²) in [5.41, 5.74) is 2.46. The van der Waals surface area contributed by atoms with Crippen molar-refractivity contribution in [1.82, 2.24) is 0 Å². The third kappa shape index (κ3) is 6.21. The van der Waals surface area contributed by atoms with Crippen LogP contribution in [0, 0.1) is 0 Å². The molecule has 0 atom stereocenters. The maximum Gasteiger partial charge on any atom is 0.121 e. The van der Waals surface area contributed by atoms with Crippen molar-refractivity contribution in [2.75, 3.05) is 18.5 Å². The molecule has 2 aromatic carbocycles. The molecule has 118 valence electrons. The quantitative estimate of drug-likeness (QED) is 0.601. The van der Waals surface area contributed by atoms with E-state index in [9.17, 15) is 0 Å². The summed E-state index contributed by atoms with van der Waals surface area (Å²) in [4.78, 5) is 0. The lowest BCUT2D eigenvalue weighted by Crippen LogP contribution is -2.03. The summed E-state index contributed by atoms with van der Waals surface area (Å²) in [6, 6.07) is 18.7. The number of benzene rings is 2. The summed E-state index contributed by atoms with van der Waals surface area (Å²) in [6.45, 7) is 3.99. The topological polar surface area (TPSA) is 21.3 Å². The van der Waals surface area contributed by atoms with Crippen molar-refractivity contribution < 1.29 is 4.74 Å². The number of hydrogen-bond acceptors (Lipinski definition) is 2. The maximum absolute atomic E-state index is 5.86. The van der Waals surface area contributed by atoms with Crippen LogP contribution in [0.15, 0.2) is 54.6 Å². The Kier molecular flexibility index (Phi) is 7.37. The van der Waals surface area contributed by atoms with Crippen molar-refractivity contribution in [3.05, 3.63) is 60.2 Å². The normalized spacial score (nSPS) is 10.4. The average molecular weight is 297 g/mol. The molecule has 0 heterocycles. The fourth-order valence-corrected chi connectivity index (χ4v) is 2.41. The van der Waals surface area contributed by atoms with E-state index < -0.39 is 0 Å². The molecule has 2 nitrogen and oxygen atoms in total. The molecule has 0 aliphatic carbocycles. The Balaban J connectivity index is 1.71. The van der Waals surface area contributed by atoms with E-state index in [0.717, 1.165) is 24.4 Å². The van der Waals surface area contributed by atoms with Crippen LogP contribution in [-0.4, -0.2) is 13.2 Å². The molecule has 0 radical (unpaired) electrons. The standard InChI is InChI=1S/C20H27NO/c1-2-3-4-8-15-21-19-12-9-13-20(17-19)22-16-14-18-10-6-5-7-11-18/h5-7,9-13,17,21H,2-4,8,14-16H2,1H3. The molecule has 0 aromatic heterocycles. The van der Waals surface area contributed by atoms with Crippen LogP contribution < -0.4 is 10.1 Å². The van der Waals surface area contributed by atoms with Gasteiger partial charge in [0.15, 0.2) is 0 Å². The molecular formula is C20H27NO. The molecule has 0 saturated heterocycles. The van der Waals surface area contributed by atoms with Crippen LogP contribution >= 0.6 is 0 Å². The molecule has 22 heavy (non-hydrogen) atoms. The largest absolute Gasteiger partial charge is 0.493 e. The second-order valence-electron chi connectivity index (χ2n) is 5.60. The van der Waals surface area contributed by atoms with Crippen LogP contribution in [0.1, 0.15) is 38.2 Å². The Labute approximate surface area is 134 Å². The molecule has 0 amide bonds. The van der Waals surface area contributed by atoms with Crippen LogP contribution in [0.5, 0.6) is 5.75 Å². The first kappa shape index (κ1) is 16.4. The van der Waals surface area contributed by atoms with Gasteiger partial charge in [0, 0.05) is 24.7 Å². The van der Waals surface area contributed by atoms with Gasteiger partial charge in [-0.3, -0.25) is 0 Å². The summed E-state index contributed by atoms with van der Waals surface area (Å²) in [6.07, 6.45) is 6.08. The summed E-state index contributed by atoms with van der Waals surface area (Å²) >= 11 is 0. The number of nitrogens with one attached hydrogen (secondary N) is 1. The van der Waals surface area contributed by atoms with Gasteiger partial charge in [-0.1, -0.05) is 62.6 Å². The summed E-state index contributed by atoms with van der Waals surface area (Å²) in [5.74, 6) is 0.939. The summed E-state index contributed by atoms with van der Waals surface area (Å²) in [5, 5.41) is 3.47. The number of ether oxygens (including phenoxy) is 1. The second-order valence-corrected chi connectivity index (χ2v) is 5.60. The van der Waals surface area contributed by atoms with Crippen molar-refractivity contribution in [3.8, 4) is 5.75 Å². The Bertz CT molecular complexity index is 524. The highest BCUT2D eigenvalue weighted by Gasteiger charge is 1.98. The number of rotatable bonds is 10. The van der Waals surface area contributed by atoms with Crippen LogP contribution in [0.4, 0.5) is 5.69 Å². The van der Waals surface area contributed by atoms with Crippen molar-refractivity contribution in [2.24, 2.45) is 0 Å². The van der Waals surface area contributed by atoms with Gasteiger partial charge in [-0.2, -0.15) is 0 Å². The van der Waals surface area contributed by atoms with Crippen LogP contribution in [0.25, 0.3) is 0 Å². The highest BCUT2D eigenvalue weighted by molar-refractivity contribution is 5.48. The molecule has 0 saturated carbocycles. The molecule has 2 aromatic rings. The Morgan fingerprint density at radius 1 is 0.909 bits per heavy atom. The summed E-state index contributed by atoms with van der Waals surface area (Å²) in [7, 11) is 0. The van der Waals surface area contributed by atoms with Gasteiger partial charge in [0.2, 0.25) is 0 Å². The fraction of sp³-hybridized carbons (Fsp3) is 0.400. The zero-order valence-corrected chi connectivity index (χ0v) is 13.6. The van der Waals surface area contributed by atoms with Crippen LogP contribution in [-0.2, 0) is 6.42 Å². The van der Waals surface area contributed by atoms with Gasteiger partial charge in [-0.15, -0.1) is 0 Å². The summed E-state index contributed by atoms with van der Waals surface area (Å²) < 4.78 is 5.86. The number of unbranched alkanes of at least 4 members (excludes halogenated alkanes) is 3. The van der Waals surface area contributed by atoms with Gasteiger partial charge in [0.25, 0.3) is 0 Å². The fourth-order valence-electron chi connectivity index (χ4n) is 2.41. The minimum atomic E-state index is 0.712. The SMILES string of the molecule is CCCCCCNc1cccc(OCCc2ccccc2)c1. The van der Waals surface area contributed by atoms with Gasteiger partial charge >= 0.3 is 0 Å². The number of anilines is 1. The van der Waals surface area contributed by atoms with E-state index in [-0.39, 0.29) is 0 Å². The van der Waals surface area contributed by atoms with Crippen molar-refractivity contribution in [1.29, 1.82) is 0 Å². The van der Waals surface area contributed by atoms with E-state index >= 15 is 0 Å². The molecule has 0 bridgehead atoms. The molecule has 2 rings (SSSR count). The van der Waals surface area contributed by atoms with Gasteiger partial charge < -0.3 is 10.1 Å². The first-order valence-corrected chi connectivity index (χ1v) is 8.39. The van der Waals surface area contributed by atoms with E-state index in [2.05, 4.69) is 48.6 Å². The van der Waals surface area contributed by atoms with E-state index in [4.69, 9.17) is 4.74 Å². The first-order valence-electron chi connectivity index (χ1n) is 8.39. The van der Waals surface area contributed by atoms with Crippen molar-refractivity contribution in [3.63, 3.8) is 0 Å². The van der Waals surface area contributed by atoms with Gasteiger partial charge in [0.1, 0.15) is 5.75 Å². The van der Waals surface area contributed by atoms with Crippen LogP contribution in [0.2, 0.25) is 0 Å². The molecule has 0 aliphatic heterocycles. The van der Waals surface area contributed by atoms with Crippen molar-refractivity contribution >= 4 is 5.69 Å². The lowest BCUT2D eigenvalue weighted by molar-refractivity contribution is 0.322. The van der Waals surface area contributed by atoms with Crippen molar-refractivity contribution in [2.45, 2.75) is 39.0 Å². The van der Waals surface area contributed by atoms with Gasteiger partial charge in [-0.05, 0) is 24.1 Å². The third-order valence-electron chi connectivity index (χ3n) is 3.70. The molecule has 0 unspecified atom stereocenters. The Morgan fingerprint density at radius 3 is 2.59 bits per heavy atom. The maximum atomic E-state index is 5.86. The van der Waals surface area contributed by atoms with E-state index in [1.165, 1.54) is 31.2 Å². The molecular weight excluding hydrogens is 270 g/mol. The lowest BCUT2D eigenvalue weighted by Gasteiger charge is -2.10. The minimum absolute atomic E-state index is 0.712. The predicted octanol–water partition coefficient (Wildman–Crippen LogP) is 5.30. The molecule has 2 heteroatoms. The van der Waals surface area contributed by atoms with Gasteiger partial charge in [-0.25, -0.2) is 0 Å². The molecule has 1 N–H and O–H groups in total. The lowest BCUT2D eigenvalue weighted by atomic mass is 10.2. The Morgan fingerprint density at radius 2 is 1.77 bits per heavy atom. The molecule has 0 spiro atoms. The minimum Gasteiger partial charge on any atom is -0.493 e. The Hall–Kier alpha value is -1.96. The van der Waals surface area contributed by atoms with E-state index in [0.29, 0.717) is 6.61 Å². The second kappa shape index (κ2) is 9.88. The zero-order chi connectivity index (χ0) is 15.5. The highest BCUT2D eigenvalue weighted by atomic mass is 16.5. The van der Waals surface area contributed by atoms with Crippen LogP contribution in [0.3, 0.4) is 0 Å². The third-order valence-corrected chi connectivity index (χ3v) is 3.70. The molecule has 0 fully saturated rings. The van der Waals surface area contributed by atoms with E-state index in [1.807, 2.05) is 18.2 Å². The zero-order valence-electron chi connectivity index (χ0n) is 13.6.